The van der Waals surface area contributed by atoms with Gasteiger partial charge >= 0.3 is 0 Å². The van der Waals surface area contributed by atoms with Gasteiger partial charge in [-0.1, -0.05) is 53.9 Å². The molecule has 0 bridgehead atoms. The molecule has 40 heavy (non-hydrogen) atoms. The lowest BCUT2D eigenvalue weighted by molar-refractivity contribution is -0.137. The summed E-state index contributed by atoms with van der Waals surface area (Å²) >= 11 is 19.1. The number of nitrogens with zero attached hydrogens (tertiary/aromatic N) is 3. The highest BCUT2D eigenvalue weighted by Crippen LogP contribution is 2.37. The fourth-order valence-electron chi connectivity index (χ4n) is 6.69. The topological polar surface area (TPSA) is 36.0 Å². The average molecular weight is 607 g/mol. The number of amides is 1. The van der Waals surface area contributed by atoms with Crippen LogP contribution in [-0.4, -0.2) is 78.6 Å². The van der Waals surface area contributed by atoms with Crippen molar-refractivity contribution in [1.82, 2.24) is 14.7 Å². The molecule has 3 aliphatic rings. The maximum absolute atomic E-state index is 13.9. The first-order valence-corrected chi connectivity index (χ1v) is 16.2. The molecule has 2 aromatic rings. The standard InChI is InChI=1S/C32H42Cl3N3O2/c1-2-27(36-13-3-4-14-36)22-40-31-21-26(34)9-10-28(31)23-11-17-38(18-12-23)32(39)30(37-15-5-6-16-37)19-24-7-8-25(33)20-29(24)35/h7-10,20-21,23,27,30H,2-6,11-19,22H2,1H3/t27?,30-/m1/s1. The maximum atomic E-state index is 13.9. The van der Waals surface area contributed by atoms with E-state index in [1.54, 1.807) is 6.07 Å². The van der Waals surface area contributed by atoms with Gasteiger partial charge in [0.05, 0.1) is 6.04 Å². The van der Waals surface area contributed by atoms with Crippen LogP contribution in [0.4, 0.5) is 0 Å². The monoisotopic (exact) mass is 605 g/mol. The van der Waals surface area contributed by atoms with Crippen molar-refractivity contribution in [3.05, 3.63) is 62.6 Å². The van der Waals surface area contributed by atoms with Gasteiger partial charge in [0, 0.05) is 34.2 Å². The normalized spacial score (nSPS) is 20.6. The van der Waals surface area contributed by atoms with Crippen LogP contribution in [0.2, 0.25) is 15.1 Å². The molecule has 5 nitrogen and oxygen atoms in total. The van der Waals surface area contributed by atoms with E-state index < -0.39 is 0 Å². The summed E-state index contributed by atoms with van der Waals surface area (Å²) in [5.74, 6) is 1.47. The summed E-state index contributed by atoms with van der Waals surface area (Å²) in [4.78, 5) is 20.9. The summed E-state index contributed by atoms with van der Waals surface area (Å²) < 4.78 is 6.47. The minimum Gasteiger partial charge on any atom is -0.492 e. The van der Waals surface area contributed by atoms with E-state index in [4.69, 9.17) is 39.5 Å². The van der Waals surface area contributed by atoms with E-state index in [-0.39, 0.29) is 11.9 Å². The Bertz CT molecular complexity index is 1140. The Labute approximate surface area is 254 Å². The summed E-state index contributed by atoms with van der Waals surface area (Å²) in [6.45, 7) is 8.67. The number of likely N-dealkylation sites (tertiary alicyclic amines) is 3. The number of carbonyl (C=O) groups excluding carboxylic acids is 1. The minimum absolute atomic E-state index is 0.191. The van der Waals surface area contributed by atoms with Gasteiger partial charge in [0.1, 0.15) is 12.4 Å². The third kappa shape index (κ3) is 7.28. The van der Waals surface area contributed by atoms with E-state index in [1.807, 2.05) is 24.3 Å². The molecular weight excluding hydrogens is 565 g/mol. The second-order valence-corrected chi connectivity index (χ2v) is 12.9. The fraction of sp³-hybridized carbons (Fsp3) is 0.594. The Kier molecular flexibility index (Phi) is 10.6. The number of carbonyl (C=O) groups is 1. The number of piperidine rings is 1. The Morgan fingerprint density at radius 3 is 2.15 bits per heavy atom. The number of hydrogen-bond acceptors (Lipinski definition) is 4. The Balaban J connectivity index is 1.24. The number of ether oxygens (including phenoxy) is 1. The second kappa shape index (κ2) is 14.1. The quantitative estimate of drug-likeness (QED) is 0.284. The highest BCUT2D eigenvalue weighted by atomic mass is 35.5. The predicted octanol–water partition coefficient (Wildman–Crippen LogP) is 7.31. The summed E-state index contributed by atoms with van der Waals surface area (Å²) in [6, 6.07) is 11.9. The molecule has 0 aromatic heterocycles. The highest BCUT2D eigenvalue weighted by Gasteiger charge is 2.34. The van der Waals surface area contributed by atoms with Gasteiger partial charge in [-0.05, 0) is 119 Å². The van der Waals surface area contributed by atoms with Crippen LogP contribution in [0.1, 0.15) is 68.9 Å². The molecule has 3 fully saturated rings. The van der Waals surface area contributed by atoms with Crippen molar-refractivity contribution >= 4 is 40.7 Å². The number of benzene rings is 2. The van der Waals surface area contributed by atoms with Crippen molar-refractivity contribution in [2.45, 2.75) is 76.3 Å². The average Bonchev–Trinajstić information content (AvgIpc) is 3.68. The Morgan fingerprint density at radius 1 is 0.875 bits per heavy atom. The minimum atomic E-state index is -0.191. The molecule has 2 atom stereocenters. The summed E-state index contributed by atoms with van der Waals surface area (Å²) in [7, 11) is 0. The first kappa shape index (κ1) is 30.0. The smallest absolute Gasteiger partial charge is 0.240 e. The van der Waals surface area contributed by atoms with Crippen LogP contribution in [0, 0.1) is 0 Å². The second-order valence-electron chi connectivity index (χ2n) is 11.6. The van der Waals surface area contributed by atoms with Gasteiger partial charge in [-0.25, -0.2) is 0 Å². The molecule has 1 unspecified atom stereocenters. The molecular formula is C32H42Cl3N3O2. The predicted molar refractivity (Wildman–Crippen MR) is 165 cm³/mol. The SMILES string of the molecule is CCC(COc1cc(Cl)ccc1C1CCN(C(=O)[C@@H](Cc2ccc(Cl)cc2Cl)N2CCCC2)CC1)N1CCCC1. The first-order valence-electron chi connectivity index (χ1n) is 15.1. The number of hydrogen-bond donors (Lipinski definition) is 0. The zero-order valence-electron chi connectivity index (χ0n) is 23.6. The van der Waals surface area contributed by atoms with Crippen molar-refractivity contribution in [3.63, 3.8) is 0 Å². The summed E-state index contributed by atoms with van der Waals surface area (Å²) in [5.41, 5.74) is 2.20. The third-order valence-electron chi connectivity index (χ3n) is 9.08. The zero-order chi connectivity index (χ0) is 28.1. The van der Waals surface area contributed by atoms with Crippen LogP contribution in [0.5, 0.6) is 5.75 Å². The molecule has 218 valence electrons. The zero-order valence-corrected chi connectivity index (χ0v) is 25.9. The third-order valence-corrected chi connectivity index (χ3v) is 9.90. The van der Waals surface area contributed by atoms with Gasteiger partial charge in [-0.15, -0.1) is 0 Å². The van der Waals surface area contributed by atoms with Gasteiger partial charge in [-0.3, -0.25) is 14.6 Å². The van der Waals surface area contributed by atoms with E-state index in [0.29, 0.717) is 40.1 Å². The van der Waals surface area contributed by atoms with Crippen LogP contribution in [0.25, 0.3) is 0 Å². The molecule has 1 amide bonds. The highest BCUT2D eigenvalue weighted by molar-refractivity contribution is 6.35. The molecule has 3 saturated heterocycles. The molecule has 2 aromatic carbocycles. The molecule has 0 radical (unpaired) electrons. The number of rotatable bonds is 10. The van der Waals surface area contributed by atoms with Crippen molar-refractivity contribution in [2.24, 2.45) is 0 Å². The van der Waals surface area contributed by atoms with E-state index in [1.165, 1.54) is 31.5 Å². The lowest BCUT2D eigenvalue weighted by Gasteiger charge is -2.37. The van der Waals surface area contributed by atoms with Crippen molar-refractivity contribution < 1.29 is 9.53 Å². The van der Waals surface area contributed by atoms with Gasteiger partial charge in [0.25, 0.3) is 0 Å². The van der Waals surface area contributed by atoms with Crippen LogP contribution in [0.3, 0.4) is 0 Å². The van der Waals surface area contributed by atoms with E-state index >= 15 is 0 Å². The first-order chi connectivity index (χ1) is 19.4. The molecule has 5 rings (SSSR count). The van der Waals surface area contributed by atoms with Crippen LogP contribution >= 0.6 is 34.8 Å². The molecule has 0 N–H and O–H groups in total. The summed E-state index contributed by atoms with van der Waals surface area (Å²) in [5, 5.41) is 1.95. The lowest BCUT2D eigenvalue weighted by atomic mass is 9.88. The van der Waals surface area contributed by atoms with Gasteiger partial charge in [0.15, 0.2) is 0 Å². The van der Waals surface area contributed by atoms with E-state index in [9.17, 15) is 4.79 Å². The van der Waals surface area contributed by atoms with E-state index in [2.05, 4.69) is 27.7 Å². The van der Waals surface area contributed by atoms with Gasteiger partial charge in [0.2, 0.25) is 5.91 Å². The van der Waals surface area contributed by atoms with E-state index in [0.717, 1.165) is 69.6 Å². The molecule has 0 saturated carbocycles. The molecule has 3 heterocycles. The molecule has 0 aliphatic carbocycles. The van der Waals surface area contributed by atoms with Crippen molar-refractivity contribution in [1.29, 1.82) is 0 Å². The summed E-state index contributed by atoms with van der Waals surface area (Å²) in [6.07, 6.45) is 8.36. The number of halogens is 3. The Morgan fingerprint density at radius 2 is 1.50 bits per heavy atom. The van der Waals surface area contributed by atoms with Crippen molar-refractivity contribution in [3.8, 4) is 5.75 Å². The van der Waals surface area contributed by atoms with Crippen LogP contribution in [0.15, 0.2) is 36.4 Å². The van der Waals surface area contributed by atoms with Crippen LogP contribution < -0.4 is 4.74 Å². The van der Waals surface area contributed by atoms with Gasteiger partial charge < -0.3 is 9.64 Å². The fourth-order valence-corrected chi connectivity index (χ4v) is 7.34. The molecule has 8 heteroatoms. The largest absolute Gasteiger partial charge is 0.492 e. The lowest BCUT2D eigenvalue weighted by Crippen LogP contribution is -2.51. The Hall–Kier alpha value is -1.50. The maximum Gasteiger partial charge on any atom is 0.240 e. The molecule has 0 spiro atoms. The van der Waals surface area contributed by atoms with Gasteiger partial charge in [-0.2, -0.15) is 0 Å². The van der Waals surface area contributed by atoms with Crippen LogP contribution in [-0.2, 0) is 11.2 Å². The van der Waals surface area contributed by atoms with Crippen molar-refractivity contribution in [2.75, 3.05) is 45.9 Å². The molecule has 3 aliphatic heterocycles.